The van der Waals surface area contributed by atoms with Crippen LogP contribution in [0.1, 0.15) is 60.3 Å². The number of hydrogen-bond acceptors (Lipinski definition) is 4. The van der Waals surface area contributed by atoms with Gasteiger partial charge in [0.2, 0.25) is 0 Å². The number of carbonyl (C=O) groups is 1. The molecular formula is C16H33NO4. The molecule has 0 rings (SSSR count). The van der Waals surface area contributed by atoms with Crippen molar-refractivity contribution in [2.75, 3.05) is 26.4 Å². The molecule has 0 aromatic carbocycles. The molecule has 0 aliphatic heterocycles. The van der Waals surface area contributed by atoms with E-state index in [2.05, 4.69) is 12.2 Å². The second-order valence-electron chi connectivity index (χ2n) is 6.56. The zero-order valence-corrected chi connectivity index (χ0v) is 14.3. The molecule has 0 heterocycles. The fraction of sp³-hybridized carbons (Fsp3) is 0.938. The molecule has 0 aromatic heterocycles. The van der Waals surface area contributed by atoms with Crippen LogP contribution in [-0.2, 0) is 9.47 Å². The van der Waals surface area contributed by atoms with E-state index in [9.17, 15) is 9.90 Å². The average Bonchev–Trinajstić information content (AvgIpc) is 2.39. The van der Waals surface area contributed by atoms with Gasteiger partial charge in [0.1, 0.15) is 5.60 Å². The normalized spacial score (nSPS) is 14.6. The molecule has 0 aromatic rings. The molecule has 2 N–H and O–H groups in total. The number of carbonyl (C=O) groups excluding carboxylic acids is 1. The number of nitrogens with one attached hydrogen (secondary N) is 1. The maximum atomic E-state index is 11.8. The molecule has 1 amide bonds. The Kier molecular flexibility index (Phi) is 9.62. The molecule has 1 atom stereocenters. The van der Waals surface area contributed by atoms with Crippen molar-refractivity contribution in [3.05, 3.63) is 0 Å². The highest BCUT2D eigenvalue weighted by Gasteiger charge is 2.29. The van der Waals surface area contributed by atoms with Crippen LogP contribution >= 0.6 is 0 Å². The maximum absolute atomic E-state index is 11.8. The molecule has 0 aliphatic carbocycles. The van der Waals surface area contributed by atoms with E-state index >= 15 is 0 Å². The Morgan fingerprint density at radius 2 is 1.86 bits per heavy atom. The van der Waals surface area contributed by atoms with E-state index in [4.69, 9.17) is 9.47 Å². The number of alkyl carbamates (subject to hydrolysis) is 1. The lowest BCUT2D eigenvalue weighted by Gasteiger charge is -2.32. The zero-order valence-electron chi connectivity index (χ0n) is 14.3. The van der Waals surface area contributed by atoms with E-state index < -0.39 is 11.7 Å². The van der Waals surface area contributed by atoms with E-state index in [1.54, 1.807) is 0 Å². The topological polar surface area (TPSA) is 67.8 Å². The molecule has 1 unspecified atom stereocenters. The van der Waals surface area contributed by atoms with Gasteiger partial charge < -0.3 is 19.9 Å². The Balaban J connectivity index is 4.42. The Morgan fingerprint density at radius 1 is 1.19 bits per heavy atom. The van der Waals surface area contributed by atoms with Crippen LogP contribution in [0.2, 0.25) is 0 Å². The molecule has 0 bridgehead atoms. The van der Waals surface area contributed by atoms with Crippen molar-refractivity contribution in [3.8, 4) is 0 Å². The van der Waals surface area contributed by atoms with Crippen LogP contribution in [0.5, 0.6) is 0 Å². The summed E-state index contributed by atoms with van der Waals surface area (Å²) in [5.41, 5.74) is -0.797. The first kappa shape index (κ1) is 20.2. The van der Waals surface area contributed by atoms with E-state index in [0.717, 1.165) is 25.7 Å². The van der Waals surface area contributed by atoms with Gasteiger partial charge in [0.25, 0.3) is 0 Å². The molecule has 0 saturated heterocycles. The van der Waals surface area contributed by atoms with Crippen molar-refractivity contribution < 1.29 is 19.4 Å². The van der Waals surface area contributed by atoms with Gasteiger partial charge in [0, 0.05) is 25.2 Å². The van der Waals surface area contributed by atoms with Crippen LogP contribution in [0.25, 0.3) is 0 Å². The SMILES string of the molecule is CCCC(CO)(CCCOCC)CNC(=O)OC(C)(C)C. The summed E-state index contributed by atoms with van der Waals surface area (Å²) in [7, 11) is 0. The minimum Gasteiger partial charge on any atom is -0.444 e. The van der Waals surface area contributed by atoms with Gasteiger partial charge in [-0.05, 0) is 47.0 Å². The summed E-state index contributed by atoms with van der Waals surface area (Å²) in [4.78, 5) is 11.8. The predicted molar refractivity (Wildman–Crippen MR) is 84.4 cm³/mol. The summed E-state index contributed by atoms with van der Waals surface area (Å²) in [6, 6.07) is 0. The monoisotopic (exact) mass is 303 g/mol. The lowest BCUT2D eigenvalue weighted by Crippen LogP contribution is -2.42. The van der Waals surface area contributed by atoms with Crippen molar-refractivity contribution in [2.45, 2.75) is 65.9 Å². The number of hydrogen-bond donors (Lipinski definition) is 2. The standard InChI is InChI=1S/C16H33NO4/c1-6-9-16(13-18,10-8-11-20-7-2)12-17-14(19)21-15(3,4)5/h18H,6-13H2,1-5H3,(H,17,19). The van der Waals surface area contributed by atoms with Crippen LogP contribution in [0.4, 0.5) is 4.79 Å². The number of ether oxygens (including phenoxy) is 2. The smallest absolute Gasteiger partial charge is 0.407 e. The van der Waals surface area contributed by atoms with Crippen LogP contribution in [0, 0.1) is 5.41 Å². The summed E-state index contributed by atoms with van der Waals surface area (Å²) in [6.45, 7) is 11.4. The van der Waals surface area contributed by atoms with Crippen LogP contribution in [0.3, 0.4) is 0 Å². The molecule has 0 fully saturated rings. The van der Waals surface area contributed by atoms with Crippen molar-refractivity contribution in [2.24, 2.45) is 5.41 Å². The molecule has 5 heteroatoms. The third kappa shape index (κ3) is 9.69. The van der Waals surface area contributed by atoms with Crippen molar-refractivity contribution >= 4 is 6.09 Å². The van der Waals surface area contributed by atoms with Crippen LogP contribution in [0.15, 0.2) is 0 Å². The Bertz CT molecular complexity index is 288. The quantitative estimate of drug-likeness (QED) is 0.609. The molecule has 0 saturated carbocycles. The van der Waals surface area contributed by atoms with Gasteiger partial charge in [-0.1, -0.05) is 13.3 Å². The molecule has 21 heavy (non-hydrogen) atoms. The first-order valence-electron chi connectivity index (χ1n) is 7.94. The van der Waals surface area contributed by atoms with Crippen molar-refractivity contribution in [1.29, 1.82) is 0 Å². The second-order valence-corrected chi connectivity index (χ2v) is 6.56. The Morgan fingerprint density at radius 3 is 2.33 bits per heavy atom. The summed E-state index contributed by atoms with van der Waals surface area (Å²) < 4.78 is 10.6. The summed E-state index contributed by atoms with van der Waals surface area (Å²) in [6.07, 6.45) is 3.11. The Hall–Kier alpha value is -0.810. The average molecular weight is 303 g/mol. The van der Waals surface area contributed by atoms with Gasteiger partial charge in [0.05, 0.1) is 6.61 Å². The molecule has 0 aliphatic rings. The van der Waals surface area contributed by atoms with Gasteiger partial charge in [-0.2, -0.15) is 0 Å². The van der Waals surface area contributed by atoms with Crippen LogP contribution in [-0.4, -0.2) is 43.2 Å². The fourth-order valence-corrected chi connectivity index (χ4v) is 2.31. The van der Waals surface area contributed by atoms with Gasteiger partial charge in [-0.15, -0.1) is 0 Å². The predicted octanol–water partition coefficient (Wildman–Crippen LogP) is 3.11. The van der Waals surface area contributed by atoms with E-state index in [-0.39, 0.29) is 12.0 Å². The van der Waals surface area contributed by atoms with E-state index in [1.807, 2.05) is 27.7 Å². The maximum Gasteiger partial charge on any atom is 0.407 e. The number of amides is 1. The third-order valence-electron chi connectivity index (χ3n) is 3.32. The van der Waals surface area contributed by atoms with E-state index in [1.165, 1.54) is 0 Å². The first-order chi connectivity index (χ1) is 9.78. The van der Waals surface area contributed by atoms with Crippen molar-refractivity contribution in [1.82, 2.24) is 5.32 Å². The molecule has 126 valence electrons. The third-order valence-corrected chi connectivity index (χ3v) is 3.32. The highest BCUT2D eigenvalue weighted by molar-refractivity contribution is 5.67. The Labute approximate surface area is 129 Å². The lowest BCUT2D eigenvalue weighted by atomic mass is 9.80. The minimum atomic E-state index is -0.508. The largest absolute Gasteiger partial charge is 0.444 e. The number of aliphatic hydroxyl groups excluding tert-OH is 1. The van der Waals surface area contributed by atoms with Gasteiger partial charge >= 0.3 is 6.09 Å². The minimum absolute atomic E-state index is 0.0583. The van der Waals surface area contributed by atoms with Gasteiger partial charge in [-0.25, -0.2) is 4.79 Å². The van der Waals surface area contributed by atoms with Crippen molar-refractivity contribution in [3.63, 3.8) is 0 Å². The van der Waals surface area contributed by atoms with Crippen LogP contribution < -0.4 is 5.32 Å². The first-order valence-corrected chi connectivity index (χ1v) is 7.94. The molecule has 0 spiro atoms. The van der Waals surface area contributed by atoms with Gasteiger partial charge in [-0.3, -0.25) is 0 Å². The summed E-state index contributed by atoms with van der Waals surface area (Å²) in [5.74, 6) is 0. The molecular weight excluding hydrogens is 270 g/mol. The summed E-state index contributed by atoms with van der Waals surface area (Å²) in [5, 5.41) is 12.6. The fourth-order valence-electron chi connectivity index (χ4n) is 2.31. The lowest BCUT2D eigenvalue weighted by molar-refractivity contribution is 0.0423. The second kappa shape index (κ2) is 10.0. The van der Waals surface area contributed by atoms with Gasteiger partial charge in [0.15, 0.2) is 0 Å². The molecule has 0 radical (unpaired) electrons. The number of rotatable bonds is 10. The molecule has 5 nitrogen and oxygen atoms in total. The zero-order chi connectivity index (χ0) is 16.4. The highest BCUT2D eigenvalue weighted by atomic mass is 16.6. The summed E-state index contributed by atoms with van der Waals surface area (Å²) >= 11 is 0. The van der Waals surface area contributed by atoms with E-state index in [0.29, 0.717) is 19.8 Å². The highest BCUT2D eigenvalue weighted by Crippen LogP contribution is 2.29. The number of aliphatic hydroxyl groups is 1.